The number of hydrogen-bond donors (Lipinski definition) is 1. The molecule has 0 aliphatic rings. The molecule has 0 spiro atoms. The summed E-state index contributed by atoms with van der Waals surface area (Å²) in [5, 5.41) is 10.3. The van der Waals surface area contributed by atoms with E-state index in [1.165, 1.54) is 4.90 Å². The van der Waals surface area contributed by atoms with Gasteiger partial charge in [0.05, 0.1) is 0 Å². The first-order valence-electron chi connectivity index (χ1n) is 5.21. The number of halogens is 1. The topological polar surface area (TPSA) is 54.9 Å². The summed E-state index contributed by atoms with van der Waals surface area (Å²) in [5.74, 6) is 0.579. The molecule has 0 atom stereocenters. The quantitative estimate of drug-likeness (QED) is 0.681. The molecule has 1 aromatic carbocycles. The predicted octanol–water partition coefficient (Wildman–Crippen LogP) is 2.71. The van der Waals surface area contributed by atoms with E-state index in [0.717, 1.165) is 17.1 Å². The lowest BCUT2D eigenvalue weighted by atomic mass is 10.4. The summed E-state index contributed by atoms with van der Waals surface area (Å²) in [4.78, 5) is 12.8. The Kier molecular flexibility index (Phi) is 4.98. The first kappa shape index (κ1) is 13.3. The van der Waals surface area contributed by atoms with Gasteiger partial charge in [-0.3, -0.25) is 4.79 Å². The van der Waals surface area contributed by atoms with Crippen LogP contribution in [0.5, 0.6) is 0 Å². The second kappa shape index (κ2) is 6.72. The fourth-order valence-electron chi connectivity index (χ4n) is 1.22. The van der Waals surface area contributed by atoms with Gasteiger partial charge in [-0.05, 0) is 23.7 Å². The van der Waals surface area contributed by atoms with Crippen LogP contribution in [-0.4, -0.2) is 28.4 Å². The zero-order valence-electron chi connectivity index (χ0n) is 9.30. The van der Waals surface area contributed by atoms with E-state index in [2.05, 4.69) is 15.5 Å². The summed E-state index contributed by atoms with van der Waals surface area (Å²) in [7, 11) is 0. The number of amides is 1. The third kappa shape index (κ3) is 3.97. The molecular formula is C11H10ClN3OS2. The number of carbonyl (C=O) groups excluding carboxylic acids is 1. The highest BCUT2D eigenvalue weighted by Gasteiger charge is 2.10. The number of carbonyl (C=O) groups is 1. The molecule has 1 heterocycles. The van der Waals surface area contributed by atoms with E-state index in [4.69, 9.17) is 11.6 Å². The Morgan fingerprint density at radius 3 is 2.78 bits per heavy atom. The Labute approximate surface area is 118 Å². The van der Waals surface area contributed by atoms with Crippen LogP contribution in [0.2, 0.25) is 4.47 Å². The Hall–Kier alpha value is -1.11. The maximum atomic E-state index is 11.6. The minimum atomic E-state index is -0.229. The van der Waals surface area contributed by atoms with Crippen LogP contribution in [0, 0.1) is 0 Å². The van der Waals surface area contributed by atoms with Gasteiger partial charge in [0.25, 0.3) is 5.91 Å². The Morgan fingerprint density at radius 1 is 1.33 bits per heavy atom. The second-order valence-corrected chi connectivity index (χ2v) is 6.01. The number of nitrogens with one attached hydrogen (secondary N) is 1. The van der Waals surface area contributed by atoms with Crippen LogP contribution in [0.1, 0.15) is 9.80 Å². The molecule has 0 aliphatic carbocycles. The minimum Gasteiger partial charge on any atom is -0.349 e. The van der Waals surface area contributed by atoms with E-state index in [1.807, 2.05) is 30.3 Å². The minimum absolute atomic E-state index is 0.229. The largest absolute Gasteiger partial charge is 0.349 e. The van der Waals surface area contributed by atoms with Crippen molar-refractivity contribution >= 4 is 40.6 Å². The van der Waals surface area contributed by atoms with Crippen molar-refractivity contribution < 1.29 is 4.79 Å². The molecule has 0 bridgehead atoms. The maximum Gasteiger partial charge on any atom is 0.282 e. The van der Waals surface area contributed by atoms with Gasteiger partial charge in [-0.25, -0.2) is 0 Å². The van der Waals surface area contributed by atoms with Crippen LogP contribution >= 0.6 is 34.7 Å². The fourth-order valence-corrected chi connectivity index (χ4v) is 2.76. The van der Waals surface area contributed by atoms with Crippen molar-refractivity contribution in [2.75, 3.05) is 12.3 Å². The molecule has 94 valence electrons. The van der Waals surface area contributed by atoms with Crippen molar-refractivity contribution in [2.24, 2.45) is 0 Å². The Morgan fingerprint density at radius 2 is 2.11 bits per heavy atom. The predicted molar refractivity (Wildman–Crippen MR) is 74.4 cm³/mol. The van der Waals surface area contributed by atoms with Crippen LogP contribution in [0.3, 0.4) is 0 Å². The van der Waals surface area contributed by atoms with Gasteiger partial charge in [-0.15, -0.1) is 22.0 Å². The molecule has 2 rings (SSSR count). The molecular weight excluding hydrogens is 290 g/mol. The van der Waals surface area contributed by atoms with Crippen LogP contribution < -0.4 is 5.32 Å². The van der Waals surface area contributed by atoms with Gasteiger partial charge in [-0.1, -0.05) is 29.5 Å². The van der Waals surface area contributed by atoms with Crippen molar-refractivity contribution in [1.29, 1.82) is 0 Å². The van der Waals surface area contributed by atoms with Crippen LogP contribution in [0.4, 0.5) is 0 Å². The monoisotopic (exact) mass is 299 g/mol. The summed E-state index contributed by atoms with van der Waals surface area (Å²) in [6.07, 6.45) is 0. The molecule has 7 heteroatoms. The molecule has 0 aliphatic heterocycles. The Balaban J connectivity index is 1.71. The van der Waals surface area contributed by atoms with Gasteiger partial charge >= 0.3 is 0 Å². The maximum absolute atomic E-state index is 11.6. The highest BCUT2D eigenvalue weighted by atomic mass is 35.5. The normalized spacial score (nSPS) is 10.3. The number of nitrogens with zero attached hydrogens (tertiary/aromatic N) is 2. The average molecular weight is 300 g/mol. The molecule has 1 aromatic heterocycles. The van der Waals surface area contributed by atoms with Gasteiger partial charge in [0.2, 0.25) is 9.47 Å². The van der Waals surface area contributed by atoms with Gasteiger partial charge in [0.15, 0.2) is 0 Å². The highest BCUT2D eigenvalue weighted by Crippen LogP contribution is 2.16. The standard InChI is InChI=1S/C11H10ClN3OS2/c12-11-15-14-10(18-11)9(16)13-6-7-17-8-4-2-1-3-5-8/h1-5H,6-7H2,(H,13,16). The van der Waals surface area contributed by atoms with Gasteiger partial charge < -0.3 is 5.32 Å². The van der Waals surface area contributed by atoms with Crippen molar-refractivity contribution in [2.45, 2.75) is 4.90 Å². The SMILES string of the molecule is O=C(NCCSc1ccccc1)c1nnc(Cl)s1. The zero-order valence-corrected chi connectivity index (χ0v) is 11.7. The first-order chi connectivity index (χ1) is 8.75. The second-order valence-electron chi connectivity index (χ2n) is 3.28. The third-order valence-electron chi connectivity index (χ3n) is 1.99. The number of rotatable bonds is 5. The summed E-state index contributed by atoms with van der Waals surface area (Å²) >= 11 is 8.37. The zero-order chi connectivity index (χ0) is 12.8. The van der Waals surface area contributed by atoms with E-state index < -0.39 is 0 Å². The fraction of sp³-hybridized carbons (Fsp3) is 0.182. The lowest BCUT2D eigenvalue weighted by Gasteiger charge is -2.02. The highest BCUT2D eigenvalue weighted by molar-refractivity contribution is 7.99. The molecule has 0 saturated heterocycles. The first-order valence-corrected chi connectivity index (χ1v) is 7.39. The van der Waals surface area contributed by atoms with E-state index >= 15 is 0 Å². The molecule has 1 N–H and O–H groups in total. The van der Waals surface area contributed by atoms with Crippen LogP contribution in [0.15, 0.2) is 35.2 Å². The number of thioether (sulfide) groups is 1. The summed E-state index contributed by atoms with van der Waals surface area (Å²) in [6.45, 7) is 0.579. The molecule has 4 nitrogen and oxygen atoms in total. The molecule has 0 saturated carbocycles. The smallest absolute Gasteiger partial charge is 0.282 e. The van der Waals surface area contributed by atoms with Gasteiger partial charge in [0.1, 0.15) is 0 Å². The van der Waals surface area contributed by atoms with Crippen molar-refractivity contribution in [3.8, 4) is 0 Å². The van der Waals surface area contributed by atoms with Crippen molar-refractivity contribution in [3.05, 3.63) is 39.8 Å². The van der Waals surface area contributed by atoms with Gasteiger partial charge in [-0.2, -0.15) is 0 Å². The van der Waals surface area contributed by atoms with Crippen molar-refractivity contribution in [1.82, 2.24) is 15.5 Å². The number of benzene rings is 1. The molecule has 0 radical (unpaired) electrons. The lowest BCUT2D eigenvalue weighted by molar-refractivity contribution is 0.0955. The van der Waals surface area contributed by atoms with E-state index in [0.29, 0.717) is 11.6 Å². The molecule has 0 unspecified atom stereocenters. The third-order valence-corrected chi connectivity index (χ3v) is 4.03. The summed E-state index contributed by atoms with van der Waals surface area (Å²) in [6, 6.07) is 10.0. The average Bonchev–Trinajstić information content (AvgIpc) is 2.82. The van der Waals surface area contributed by atoms with E-state index in [-0.39, 0.29) is 10.4 Å². The molecule has 2 aromatic rings. The Bertz CT molecular complexity index is 518. The molecule has 1 amide bonds. The van der Waals surface area contributed by atoms with E-state index in [9.17, 15) is 4.79 Å². The number of aromatic nitrogens is 2. The molecule has 0 fully saturated rings. The van der Waals surface area contributed by atoms with Gasteiger partial charge in [0, 0.05) is 17.2 Å². The van der Waals surface area contributed by atoms with Crippen LogP contribution in [-0.2, 0) is 0 Å². The van der Waals surface area contributed by atoms with Crippen molar-refractivity contribution in [3.63, 3.8) is 0 Å². The summed E-state index contributed by atoms with van der Waals surface area (Å²) in [5.41, 5.74) is 0. The summed E-state index contributed by atoms with van der Waals surface area (Å²) < 4.78 is 0.277. The lowest BCUT2D eigenvalue weighted by Crippen LogP contribution is -2.25. The molecule has 18 heavy (non-hydrogen) atoms. The van der Waals surface area contributed by atoms with Crippen LogP contribution in [0.25, 0.3) is 0 Å². The number of hydrogen-bond acceptors (Lipinski definition) is 5. The van der Waals surface area contributed by atoms with E-state index in [1.54, 1.807) is 11.8 Å².